The van der Waals surface area contributed by atoms with E-state index in [9.17, 15) is 9.18 Å². The minimum Gasteiger partial charge on any atom is -0.325 e. The van der Waals surface area contributed by atoms with Crippen LogP contribution in [0.25, 0.3) is 16.6 Å². The van der Waals surface area contributed by atoms with E-state index in [0.29, 0.717) is 16.5 Å². The number of aromatic nitrogens is 4. The third-order valence-electron chi connectivity index (χ3n) is 4.31. The minimum atomic E-state index is -0.346. The van der Waals surface area contributed by atoms with Gasteiger partial charge in [0.15, 0.2) is 5.82 Å². The molecular weight excluding hydrogens is 389 g/mol. The summed E-state index contributed by atoms with van der Waals surface area (Å²) in [6, 6.07) is 15.4. The third kappa shape index (κ3) is 4.12. The van der Waals surface area contributed by atoms with Gasteiger partial charge in [-0.1, -0.05) is 36.0 Å². The van der Waals surface area contributed by atoms with Crippen molar-refractivity contribution < 1.29 is 9.18 Å². The van der Waals surface area contributed by atoms with Crippen LogP contribution in [0.3, 0.4) is 0 Å². The van der Waals surface area contributed by atoms with E-state index >= 15 is 0 Å². The molecule has 29 heavy (non-hydrogen) atoms. The molecule has 0 bridgehead atoms. The van der Waals surface area contributed by atoms with Crippen LogP contribution in [0.2, 0.25) is 0 Å². The molecule has 6 nitrogen and oxygen atoms in total. The predicted molar refractivity (Wildman–Crippen MR) is 112 cm³/mol. The van der Waals surface area contributed by atoms with E-state index in [4.69, 9.17) is 0 Å². The van der Waals surface area contributed by atoms with E-state index in [0.717, 1.165) is 22.2 Å². The Morgan fingerprint density at radius 2 is 1.79 bits per heavy atom. The third-order valence-corrected chi connectivity index (χ3v) is 5.29. The molecule has 0 fully saturated rings. The van der Waals surface area contributed by atoms with Gasteiger partial charge in [0.2, 0.25) is 5.91 Å². The van der Waals surface area contributed by atoms with Gasteiger partial charge in [0.1, 0.15) is 10.8 Å². The average molecular weight is 407 g/mol. The molecule has 8 heteroatoms. The van der Waals surface area contributed by atoms with Crippen LogP contribution in [0, 0.1) is 19.7 Å². The van der Waals surface area contributed by atoms with Gasteiger partial charge >= 0.3 is 0 Å². The maximum Gasteiger partial charge on any atom is 0.234 e. The predicted octanol–water partition coefficient (Wildman–Crippen LogP) is 4.30. The first kappa shape index (κ1) is 19.1. The van der Waals surface area contributed by atoms with Crippen LogP contribution in [0.4, 0.5) is 10.1 Å². The van der Waals surface area contributed by atoms with Gasteiger partial charge in [-0.2, -0.15) is 5.10 Å². The van der Waals surface area contributed by atoms with Crippen molar-refractivity contribution >= 4 is 34.1 Å². The van der Waals surface area contributed by atoms with E-state index < -0.39 is 0 Å². The fourth-order valence-corrected chi connectivity index (χ4v) is 3.81. The summed E-state index contributed by atoms with van der Waals surface area (Å²) in [4.78, 5) is 12.3. The highest BCUT2D eigenvalue weighted by molar-refractivity contribution is 8.00. The molecule has 0 spiro atoms. The maximum atomic E-state index is 13.0. The Bertz CT molecular complexity index is 1190. The lowest BCUT2D eigenvalue weighted by Crippen LogP contribution is -2.14. The first-order chi connectivity index (χ1) is 14.0. The van der Waals surface area contributed by atoms with Crippen molar-refractivity contribution in [3.8, 4) is 5.82 Å². The molecule has 1 amide bonds. The summed E-state index contributed by atoms with van der Waals surface area (Å²) in [6.45, 7) is 3.90. The fourth-order valence-electron chi connectivity index (χ4n) is 3.04. The molecule has 4 aromatic rings. The molecule has 0 atom stereocenters. The van der Waals surface area contributed by atoms with E-state index in [1.165, 1.54) is 36.0 Å². The first-order valence-electron chi connectivity index (χ1n) is 8.98. The lowest BCUT2D eigenvalue weighted by molar-refractivity contribution is -0.113. The van der Waals surface area contributed by atoms with Crippen LogP contribution in [-0.2, 0) is 4.79 Å². The zero-order valence-corrected chi connectivity index (χ0v) is 16.7. The molecule has 0 saturated carbocycles. The quantitative estimate of drug-likeness (QED) is 0.499. The molecule has 2 aromatic heterocycles. The fraction of sp³-hybridized carbons (Fsp3) is 0.143. The Kier molecular flexibility index (Phi) is 5.26. The molecular formula is C21H18FN5OS. The number of thioether (sulfide) groups is 1. The second-order valence-electron chi connectivity index (χ2n) is 6.56. The molecule has 0 aliphatic carbocycles. The zero-order chi connectivity index (χ0) is 20.4. The minimum absolute atomic E-state index is 0.162. The topological polar surface area (TPSA) is 72.7 Å². The summed E-state index contributed by atoms with van der Waals surface area (Å²) < 4.78 is 14.8. The molecule has 0 radical (unpaired) electrons. The summed E-state index contributed by atoms with van der Waals surface area (Å²) >= 11 is 1.30. The molecule has 0 saturated heterocycles. The van der Waals surface area contributed by atoms with Crippen LogP contribution in [-0.4, -0.2) is 31.6 Å². The number of nitrogens with one attached hydrogen (secondary N) is 1. The number of hydrogen-bond donors (Lipinski definition) is 1. The lowest BCUT2D eigenvalue weighted by Gasteiger charge is -2.10. The average Bonchev–Trinajstić information content (AvgIpc) is 3.05. The van der Waals surface area contributed by atoms with Crippen LogP contribution < -0.4 is 5.32 Å². The van der Waals surface area contributed by atoms with Crippen molar-refractivity contribution in [2.24, 2.45) is 0 Å². The van der Waals surface area contributed by atoms with Crippen LogP contribution >= 0.6 is 11.8 Å². The van der Waals surface area contributed by atoms with Crippen LogP contribution in [0.5, 0.6) is 0 Å². The summed E-state index contributed by atoms with van der Waals surface area (Å²) in [5, 5.41) is 18.5. The molecule has 0 aliphatic heterocycles. The van der Waals surface area contributed by atoms with E-state index in [1.54, 1.807) is 4.68 Å². The number of aryl methyl sites for hydroxylation is 2. The standard InChI is InChI=1S/C21H18FN5OS/c1-13-11-14(2)27(26-13)20-17-5-3-4-6-18(17)21(25-24-20)29-12-19(28)23-16-9-7-15(22)8-10-16/h3-11H,12H2,1-2H3,(H,23,28). The number of nitrogens with zero attached hydrogens (tertiary/aromatic N) is 4. The Morgan fingerprint density at radius 1 is 1.07 bits per heavy atom. The van der Waals surface area contributed by atoms with Gasteiger partial charge in [0.25, 0.3) is 0 Å². The van der Waals surface area contributed by atoms with Crippen molar-refractivity contribution in [2.45, 2.75) is 18.9 Å². The monoisotopic (exact) mass is 407 g/mol. The number of halogens is 1. The first-order valence-corrected chi connectivity index (χ1v) is 9.97. The van der Waals surface area contributed by atoms with E-state index in [2.05, 4.69) is 20.6 Å². The van der Waals surface area contributed by atoms with Crippen LogP contribution in [0.1, 0.15) is 11.4 Å². The lowest BCUT2D eigenvalue weighted by atomic mass is 10.2. The maximum absolute atomic E-state index is 13.0. The number of carbonyl (C=O) groups excluding carboxylic acids is 1. The molecule has 1 N–H and O–H groups in total. The number of fused-ring (bicyclic) bond motifs is 1. The largest absolute Gasteiger partial charge is 0.325 e. The number of anilines is 1. The normalized spacial score (nSPS) is 11.0. The van der Waals surface area contributed by atoms with Crippen molar-refractivity contribution in [3.63, 3.8) is 0 Å². The number of carbonyl (C=O) groups is 1. The Labute approximate surface area is 171 Å². The SMILES string of the molecule is Cc1cc(C)n(-c2nnc(SCC(=O)Nc3ccc(F)cc3)c3ccccc23)n1. The number of benzene rings is 2. The van der Waals surface area contributed by atoms with Gasteiger partial charge in [-0.25, -0.2) is 9.07 Å². The zero-order valence-electron chi connectivity index (χ0n) is 15.9. The second kappa shape index (κ2) is 8.00. The van der Waals surface area contributed by atoms with Crippen molar-refractivity contribution in [3.05, 3.63) is 71.8 Å². The van der Waals surface area contributed by atoms with Crippen LogP contribution in [0.15, 0.2) is 59.6 Å². The van der Waals surface area contributed by atoms with Gasteiger partial charge in [-0.3, -0.25) is 4.79 Å². The molecule has 146 valence electrons. The number of hydrogen-bond acceptors (Lipinski definition) is 5. The Morgan fingerprint density at radius 3 is 2.48 bits per heavy atom. The molecule has 0 aliphatic rings. The van der Waals surface area contributed by atoms with Gasteiger partial charge in [0.05, 0.1) is 11.4 Å². The molecule has 0 unspecified atom stereocenters. The molecule has 4 rings (SSSR count). The highest BCUT2D eigenvalue weighted by Gasteiger charge is 2.14. The van der Waals surface area contributed by atoms with Gasteiger partial charge in [0, 0.05) is 22.2 Å². The van der Waals surface area contributed by atoms with Crippen molar-refractivity contribution in [2.75, 3.05) is 11.1 Å². The van der Waals surface area contributed by atoms with Gasteiger partial charge < -0.3 is 5.32 Å². The second-order valence-corrected chi connectivity index (χ2v) is 7.52. The molecule has 2 heterocycles. The highest BCUT2D eigenvalue weighted by atomic mass is 32.2. The van der Waals surface area contributed by atoms with Gasteiger partial charge in [-0.15, -0.1) is 10.2 Å². The smallest absolute Gasteiger partial charge is 0.234 e. The Balaban J connectivity index is 1.57. The number of rotatable bonds is 5. The van der Waals surface area contributed by atoms with Gasteiger partial charge in [-0.05, 0) is 44.2 Å². The summed E-state index contributed by atoms with van der Waals surface area (Å²) in [5.74, 6) is 0.276. The highest BCUT2D eigenvalue weighted by Crippen LogP contribution is 2.29. The van der Waals surface area contributed by atoms with Crippen molar-refractivity contribution in [1.29, 1.82) is 0 Å². The summed E-state index contributed by atoms with van der Waals surface area (Å²) in [6.07, 6.45) is 0. The van der Waals surface area contributed by atoms with E-state index in [-0.39, 0.29) is 17.5 Å². The number of amides is 1. The summed E-state index contributed by atoms with van der Waals surface area (Å²) in [7, 11) is 0. The van der Waals surface area contributed by atoms with E-state index in [1.807, 2.05) is 44.2 Å². The van der Waals surface area contributed by atoms with Crippen molar-refractivity contribution in [1.82, 2.24) is 20.0 Å². The summed E-state index contributed by atoms with van der Waals surface area (Å²) in [5.41, 5.74) is 2.43. The Hall–Kier alpha value is -3.26. The molecule has 2 aromatic carbocycles.